The molecule has 102 valence electrons. The molecule has 0 atom stereocenters. The van der Waals surface area contributed by atoms with Crippen LogP contribution in [0.25, 0.3) is 10.9 Å². The number of alkyl halides is 2. The number of aromatic nitrogens is 1. The number of fused-ring (bicyclic) bond motifs is 3. The Hall–Kier alpha value is -0.720. The summed E-state index contributed by atoms with van der Waals surface area (Å²) in [4.78, 5) is 0. The van der Waals surface area contributed by atoms with Gasteiger partial charge in [0.05, 0.1) is 10.5 Å². The fourth-order valence-corrected chi connectivity index (χ4v) is 3.60. The molecule has 19 heavy (non-hydrogen) atoms. The maximum Gasteiger partial charge on any atom is 0.319 e. The molecular weight excluding hydrogens is 344 g/mol. The molecule has 2 aromatic rings. The number of benzene rings is 1. The highest BCUT2D eigenvalue weighted by atomic mass is 79.9. The summed E-state index contributed by atoms with van der Waals surface area (Å²) in [6, 6.07) is 1.41. The largest absolute Gasteiger partial charge is 0.319 e. The van der Waals surface area contributed by atoms with Crippen LogP contribution in [0.1, 0.15) is 17.8 Å². The SMILES string of the molecule is Fc1c(Cl)cc(Br)c2c3c(n(C(F)F)c12)CCNC3. The van der Waals surface area contributed by atoms with E-state index < -0.39 is 12.4 Å². The molecule has 2 nitrogen and oxygen atoms in total. The molecule has 0 saturated carbocycles. The first-order chi connectivity index (χ1) is 9.02. The van der Waals surface area contributed by atoms with Gasteiger partial charge in [0, 0.05) is 35.1 Å². The zero-order valence-electron chi connectivity index (χ0n) is 9.61. The highest BCUT2D eigenvalue weighted by Crippen LogP contribution is 2.40. The molecule has 0 bridgehead atoms. The average molecular weight is 354 g/mol. The molecule has 3 rings (SSSR count). The van der Waals surface area contributed by atoms with Crippen LogP contribution in [-0.4, -0.2) is 11.1 Å². The lowest BCUT2D eigenvalue weighted by Gasteiger charge is -2.16. The first kappa shape index (κ1) is 13.3. The van der Waals surface area contributed by atoms with Crippen LogP contribution in [0, 0.1) is 5.82 Å². The summed E-state index contributed by atoms with van der Waals surface area (Å²) in [6.45, 7) is -1.74. The van der Waals surface area contributed by atoms with Crippen molar-refractivity contribution in [2.45, 2.75) is 19.5 Å². The van der Waals surface area contributed by atoms with E-state index in [1.54, 1.807) is 0 Å². The zero-order chi connectivity index (χ0) is 13.7. The van der Waals surface area contributed by atoms with Gasteiger partial charge in [-0.1, -0.05) is 27.5 Å². The minimum Gasteiger partial charge on any atom is -0.312 e. The second kappa shape index (κ2) is 4.68. The van der Waals surface area contributed by atoms with Crippen LogP contribution in [0.3, 0.4) is 0 Å². The molecule has 2 heterocycles. The number of halogens is 5. The lowest BCUT2D eigenvalue weighted by atomic mass is 10.1. The van der Waals surface area contributed by atoms with Crippen molar-refractivity contribution in [2.24, 2.45) is 0 Å². The van der Waals surface area contributed by atoms with Gasteiger partial charge in [0.15, 0.2) is 5.82 Å². The summed E-state index contributed by atoms with van der Waals surface area (Å²) in [5, 5.41) is 3.43. The van der Waals surface area contributed by atoms with E-state index in [0.29, 0.717) is 40.6 Å². The molecule has 1 aliphatic heterocycles. The fourth-order valence-electron chi connectivity index (χ4n) is 2.62. The van der Waals surface area contributed by atoms with Gasteiger partial charge in [0.25, 0.3) is 0 Å². The first-order valence-corrected chi connectivity index (χ1v) is 6.87. The Bertz CT molecular complexity index is 669. The number of nitrogens with zero attached hydrogens (tertiary/aromatic N) is 1. The standard InChI is InChI=1S/C12H9BrClF3N2/c13-6-3-7(14)10(15)11-9(6)5-4-18-2-1-8(5)19(11)12(16)17/h3,12,18H,1-2,4H2. The van der Waals surface area contributed by atoms with Crippen molar-refractivity contribution in [2.75, 3.05) is 6.54 Å². The molecule has 0 unspecified atom stereocenters. The van der Waals surface area contributed by atoms with Crippen LogP contribution in [0.2, 0.25) is 5.02 Å². The summed E-state index contributed by atoms with van der Waals surface area (Å²) in [7, 11) is 0. The van der Waals surface area contributed by atoms with Crippen molar-refractivity contribution in [1.29, 1.82) is 0 Å². The van der Waals surface area contributed by atoms with E-state index in [2.05, 4.69) is 21.2 Å². The van der Waals surface area contributed by atoms with Gasteiger partial charge in [0.1, 0.15) is 0 Å². The number of rotatable bonds is 1. The van der Waals surface area contributed by atoms with E-state index in [-0.39, 0.29) is 10.5 Å². The molecule has 0 spiro atoms. The predicted molar refractivity (Wildman–Crippen MR) is 71.3 cm³/mol. The van der Waals surface area contributed by atoms with Crippen molar-refractivity contribution in [3.63, 3.8) is 0 Å². The Balaban J connectivity index is 2.50. The predicted octanol–water partition coefficient (Wildman–Crippen LogP) is 4.24. The van der Waals surface area contributed by atoms with E-state index in [1.165, 1.54) is 6.07 Å². The Kier molecular flexibility index (Phi) is 3.27. The van der Waals surface area contributed by atoms with Crippen molar-refractivity contribution in [1.82, 2.24) is 9.88 Å². The van der Waals surface area contributed by atoms with Crippen LogP contribution < -0.4 is 5.32 Å². The Labute approximate surface area is 120 Å². The maximum absolute atomic E-state index is 14.2. The van der Waals surface area contributed by atoms with Crippen molar-refractivity contribution in [3.05, 3.63) is 32.6 Å². The van der Waals surface area contributed by atoms with Crippen LogP contribution in [-0.2, 0) is 13.0 Å². The Morgan fingerprint density at radius 3 is 2.84 bits per heavy atom. The third-order valence-electron chi connectivity index (χ3n) is 3.36. The highest BCUT2D eigenvalue weighted by Gasteiger charge is 2.28. The summed E-state index contributed by atoms with van der Waals surface area (Å²) >= 11 is 9.04. The van der Waals surface area contributed by atoms with Gasteiger partial charge in [-0.15, -0.1) is 0 Å². The molecule has 1 N–H and O–H groups in total. The van der Waals surface area contributed by atoms with Gasteiger partial charge in [-0.25, -0.2) is 4.39 Å². The molecule has 0 amide bonds. The quantitative estimate of drug-likeness (QED) is 0.759. The second-order valence-electron chi connectivity index (χ2n) is 4.38. The van der Waals surface area contributed by atoms with Gasteiger partial charge in [-0.2, -0.15) is 8.78 Å². The van der Waals surface area contributed by atoms with Gasteiger partial charge in [-0.3, -0.25) is 4.57 Å². The van der Waals surface area contributed by atoms with Crippen molar-refractivity contribution < 1.29 is 13.2 Å². The van der Waals surface area contributed by atoms with Crippen LogP contribution in [0.5, 0.6) is 0 Å². The van der Waals surface area contributed by atoms with Gasteiger partial charge in [-0.05, 0) is 11.6 Å². The second-order valence-corrected chi connectivity index (χ2v) is 5.64. The van der Waals surface area contributed by atoms with Crippen molar-refractivity contribution >= 4 is 38.4 Å². The van der Waals surface area contributed by atoms with Crippen molar-refractivity contribution in [3.8, 4) is 0 Å². The van der Waals surface area contributed by atoms with E-state index in [0.717, 1.165) is 4.57 Å². The summed E-state index contributed by atoms with van der Waals surface area (Å²) in [6.07, 6.45) is 0.442. The van der Waals surface area contributed by atoms with Gasteiger partial charge < -0.3 is 5.32 Å². The van der Waals surface area contributed by atoms with E-state index in [9.17, 15) is 13.2 Å². The molecule has 0 fully saturated rings. The fraction of sp³-hybridized carbons (Fsp3) is 0.333. The normalized spacial score (nSPS) is 15.3. The summed E-state index contributed by atoms with van der Waals surface area (Å²) < 4.78 is 42.0. The Morgan fingerprint density at radius 1 is 1.42 bits per heavy atom. The minimum atomic E-state index is -2.79. The van der Waals surface area contributed by atoms with E-state index in [4.69, 9.17) is 11.6 Å². The van der Waals surface area contributed by atoms with E-state index in [1.807, 2.05) is 0 Å². The van der Waals surface area contributed by atoms with Gasteiger partial charge >= 0.3 is 6.55 Å². The molecule has 1 aromatic heterocycles. The monoisotopic (exact) mass is 352 g/mol. The van der Waals surface area contributed by atoms with Crippen LogP contribution in [0.4, 0.5) is 13.2 Å². The Morgan fingerprint density at radius 2 is 2.16 bits per heavy atom. The molecule has 0 aliphatic carbocycles. The number of nitrogens with one attached hydrogen (secondary N) is 1. The van der Waals surface area contributed by atoms with E-state index >= 15 is 0 Å². The minimum absolute atomic E-state index is 0.122. The molecule has 1 aromatic carbocycles. The molecule has 7 heteroatoms. The topological polar surface area (TPSA) is 17.0 Å². The average Bonchev–Trinajstić information content (AvgIpc) is 2.71. The summed E-state index contributed by atoms with van der Waals surface area (Å²) in [5.74, 6) is -0.797. The molecular formula is C12H9BrClF3N2. The third kappa shape index (κ3) is 1.88. The molecule has 1 aliphatic rings. The number of hydrogen-bond donors (Lipinski definition) is 1. The highest BCUT2D eigenvalue weighted by molar-refractivity contribution is 9.10. The van der Waals surface area contributed by atoms with Crippen LogP contribution in [0.15, 0.2) is 10.5 Å². The first-order valence-electron chi connectivity index (χ1n) is 5.70. The van der Waals surface area contributed by atoms with Gasteiger partial charge in [0.2, 0.25) is 0 Å². The zero-order valence-corrected chi connectivity index (χ0v) is 12.0. The smallest absolute Gasteiger partial charge is 0.312 e. The number of hydrogen-bond acceptors (Lipinski definition) is 1. The lowest BCUT2D eigenvalue weighted by Crippen LogP contribution is -2.24. The molecule has 0 radical (unpaired) electrons. The molecule has 0 saturated heterocycles. The lowest BCUT2D eigenvalue weighted by molar-refractivity contribution is 0.0713. The van der Waals surface area contributed by atoms with Crippen LogP contribution >= 0.6 is 27.5 Å². The third-order valence-corrected chi connectivity index (χ3v) is 4.26. The maximum atomic E-state index is 14.2. The summed E-state index contributed by atoms with van der Waals surface area (Å²) in [5.41, 5.74) is 1.07.